The molecule has 2 aromatic carbocycles. The Balaban J connectivity index is 1.80. The van der Waals surface area contributed by atoms with Crippen LogP contribution in [0.1, 0.15) is 11.1 Å². The molecule has 1 saturated heterocycles. The van der Waals surface area contributed by atoms with Crippen LogP contribution in [-0.2, 0) is 27.5 Å². The average Bonchev–Trinajstić information content (AvgIpc) is 2.68. The maximum absolute atomic E-state index is 13.3. The molecule has 0 aliphatic carbocycles. The van der Waals surface area contributed by atoms with Gasteiger partial charge in [-0.05, 0) is 35.9 Å². The minimum atomic E-state index is -4.84. The molecule has 1 heterocycles. The summed E-state index contributed by atoms with van der Waals surface area (Å²) in [5.41, 5.74) is 0.370. The number of alkyl halides is 3. The Morgan fingerprint density at radius 1 is 1.10 bits per heavy atom. The van der Waals surface area contributed by atoms with E-state index in [1.807, 2.05) is 12.1 Å². The standard InChI is InChI=1S/C19H20ClF3N2O3S/c1-24(13-14-2-5-16(6-3-14)25-8-10-28-11-9-25)29(26,27)18-7-4-15(20)12-17(18)19(21,22)23/h2-7,12H,8-11,13H2,1H3. The fraction of sp³-hybridized carbons (Fsp3) is 0.368. The van der Waals surface area contributed by atoms with Crippen molar-refractivity contribution in [2.24, 2.45) is 0 Å². The molecule has 0 bridgehead atoms. The van der Waals surface area contributed by atoms with Gasteiger partial charge in [0.1, 0.15) is 0 Å². The Bertz CT molecular complexity index is 960. The van der Waals surface area contributed by atoms with E-state index in [1.54, 1.807) is 12.1 Å². The molecule has 0 amide bonds. The fourth-order valence-electron chi connectivity index (χ4n) is 3.09. The molecule has 5 nitrogen and oxygen atoms in total. The molecule has 3 rings (SSSR count). The third-order valence-corrected chi connectivity index (χ3v) is 6.75. The number of morpholine rings is 1. The maximum Gasteiger partial charge on any atom is 0.417 e. The Hall–Kier alpha value is -1.81. The summed E-state index contributed by atoms with van der Waals surface area (Å²) in [7, 11) is -3.12. The summed E-state index contributed by atoms with van der Waals surface area (Å²) in [6.45, 7) is 2.76. The third kappa shape index (κ3) is 5.03. The lowest BCUT2D eigenvalue weighted by Crippen LogP contribution is -2.36. The van der Waals surface area contributed by atoms with Crippen LogP contribution in [0.4, 0.5) is 18.9 Å². The molecule has 29 heavy (non-hydrogen) atoms. The molecule has 158 valence electrons. The van der Waals surface area contributed by atoms with Gasteiger partial charge < -0.3 is 9.64 Å². The second-order valence-electron chi connectivity index (χ2n) is 6.67. The summed E-state index contributed by atoms with van der Waals surface area (Å²) in [6.07, 6.45) is -4.84. The summed E-state index contributed by atoms with van der Waals surface area (Å²) in [5, 5.41) is -0.183. The van der Waals surface area contributed by atoms with Crippen molar-refractivity contribution in [3.05, 3.63) is 58.6 Å². The minimum Gasteiger partial charge on any atom is -0.378 e. The number of nitrogens with zero attached hydrogens (tertiary/aromatic N) is 2. The molecule has 0 N–H and O–H groups in total. The summed E-state index contributed by atoms with van der Waals surface area (Å²) in [5.74, 6) is 0. The van der Waals surface area contributed by atoms with Crippen LogP contribution in [0.25, 0.3) is 0 Å². The van der Waals surface area contributed by atoms with Crippen LogP contribution in [0.15, 0.2) is 47.4 Å². The number of benzene rings is 2. The van der Waals surface area contributed by atoms with Crippen molar-refractivity contribution in [2.75, 3.05) is 38.3 Å². The van der Waals surface area contributed by atoms with Gasteiger partial charge in [0.25, 0.3) is 0 Å². The topological polar surface area (TPSA) is 49.9 Å². The van der Waals surface area contributed by atoms with Crippen molar-refractivity contribution in [1.82, 2.24) is 4.31 Å². The molecule has 1 aliphatic rings. The third-order valence-electron chi connectivity index (χ3n) is 4.65. The van der Waals surface area contributed by atoms with Gasteiger partial charge in [-0.25, -0.2) is 8.42 Å². The van der Waals surface area contributed by atoms with Gasteiger partial charge in [0, 0.05) is 37.4 Å². The van der Waals surface area contributed by atoms with Crippen molar-refractivity contribution >= 4 is 27.3 Å². The Labute approximate surface area is 172 Å². The lowest BCUT2D eigenvalue weighted by molar-refractivity contribution is -0.139. The van der Waals surface area contributed by atoms with E-state index in [-0.39, 0.29) is 11.6 Å². The van der Waals surface area contributed by atoms with Gasteiger partial charge in [0.15, 0.2) is 0 Å². The molecular weight excluding hydrogens is 429 g/mol. The van der Waals surface area contributed by atoms with E-state index in [0.717, 1.165) is 35.2 Å². The van der Waals surface area contributed by atoms with E-state index >= 15 is 0 Å². The van der Waals surface area contributed by atoms with Crippen molar-refractivity contribution in [3.63, 3.8) is 0 Å². The zero-order valence-corrected chi connectivity index (χ0v) is 17.2. The van der Waals surface area contributed by atoms with Crippen LogP contribution in [0.3, 0.4) is 0 Å². The quantitative estimate of drug-likeness (QED) is 0.693. The van der Waals surface area contributed by atoms with Gasteiger partial charge >= 0.3 is 6.18 Å². The lowest BCUT2D eigenvalue weighted by atomic mass is 10.2. The first-order valence-electron chi connectivity index (χ1n) is 8.84. The molecule has 0 unspecified atom stereocenters. The van der Waals surface area contributed by atoms with Gasteiger partial charge in [-0.15, -0.1) is 0 Å². The highest BCUT2D eigenvalue weighted by Gasteiger charge is 2.38. The number of sulfonamides is 1. The minimum absolute atomic E-state index is 0.0638. The molecule has 10 heteroatoms. The van der Waals surface area contributed by atoms with Gasteiger partial charge in [0.05, 0.1) is 23.7 Å². The van der Waals surface area contributed by atoms with Crippen molar-refractivity contribution < 1.29 is 26.3 Å². The van der Waals surface area contributed by atoms with Crippen LogP contribution in [-0.4, -0.2) is 46.1 Å². The molecule has 0 atom stereocenters. The average molecular weight is 449 g/mol. The molecule has 0 radical (unpaired) electrons. The van der Waals surface area contributed by atoms with Gasteiger partial charge in [-0.1, -0.05) is 23.7 Å². The number of hydrogen-bond donors (Lipinski definition) is 0. The molecule has 2 aromatic rings. The normalized spacial score (nSPS) is 15.7. The van der Waals surface area contributed by atoms with Gasteiger partial charge in [-0.2, -0.15) is 17.5 Å². The van der Waals surface area contributed by atoms with E-state index in [4.69, 9.17) is 16.3 Å². The predicted molar refractivity (Wildman–Crippen MR) is 105 cm³/mol. The molecule has 0 spiro atoms. The Kier molecular flexibility index (Phi) is 6.42. The van der Waals surface area contributed by atoms with Crippen LogP contribution in [0.2, 0.25) is 5.02 Å². The summed E-state index contributed by atoms with van der Waals surface area (Å²) in [6, 6.07) is 9.91. The second-order valence-corrected chi connectivity index (χ2v) is 9.11. The summed E-state index contributed by atoms with van der Waals surface area (Å²) >= 11 is 5.64. The number of hydrogen-bond acceptors (Lipinski definition) is 4. The van der Waals surface area contributed by atoms with Crippen molar-refractivity contribution in [2.45, 2.75) is 17.6 Å². The number of ether oxygens (including phenoxy) is 1. The molecule has 0 aromatic heterocycles. The van der Waals surface area contributed by atoms with Gasteiger partial charge in [0.2, 0.25) is 10.0 Å². The highest BCUT2D eigenvalue weighted by atomic mass is 35.5. The zero-order chi connectivity index (χ0) is 21.2. The van der Waals surface area contributed by atoms with E-state index < -0.39 is 26.7 Å². The first-order chi connectivity index (χ1) is 13.6. The lowest BCUT2D eigenvalue weighted by Gasteiger charge is -2.29. The first-order valence-corrected chi connectivity index (χ1v) is 10.7. The number of rotatable bonds is 5. The summed E-state index contributed by atoms with van der Waals surface area (Å²) < 4.78 is 71.7. The molecule has 0 saturated carbocycles. The number of anilines is 1. The Morgan fingerprint density at radius 2 is 1.72 bits per heavy atom. The molecule has 1 fully saturated rings. The zero-order valence-electron chi connectivity index (χ0n) is 15.6. The van der Waals surface area contributed by atoms with Crippen molar-refractivity contribution in [1.29, 1.82) is 0 Å². The SMILES string of the molecule is CN(Cc1ccc(N2CCOCC2)cc1)S(=O)(=O)c1ccc(Cl)cc1C(F)(F)F. The van der Waals surface area contributed by atoms with Crippen LogP contribution in [0.5, 0.6) is 0 Å². The highest BCUT2D eigenvalue weighted by molar-refractivity contribution is 7.89. The highest BCUT2D eigenvalue weighted by Crippen LogP contribution is 2.37. The van der Waals surface area contributed by atoms with Crippen LogP contribution >= 0.6 is 11.6 Å². The Morgan fingerprint density at radius 3 is 2.31 bits per heavy atom. The van der Waals surface area contributed by atoms with E-state index in [0.29, 0.717) is 24.8 Å². The van der Waals surface area contributed by atoms with Crippen molar-refractivity contribution in [3.8, 4) is 0 Å². The smallest absolute Gasteiger partial charge is 0.378 e. The fourth-order valence-corrected chi connectivity index (χ4v) is 4.61. The first kappa shape index (κ1) is 21.9. The molecule has 1 aliphatic heterocycles. The monoisotopic (exact) mass is 448 g/mol. The van der Waals surface area contributed by atoms with E-state index in [2.05, 4.69) is 4.90 Å². The van der Waals surface area contributed by atoms with E-state index in [9.17, 15) is 21.6 Å². The number of halogens is 4. The largest absolute Gasteiger partial charge is 0.417 e. The van der Waals surface area contributed by atoms with Crippen LogP contribution in [0, 0.1) is 0 Å². The van der Waals surface area contributed by atoms with Gasteiger partial charge in [-0.3, -0.25) is 0 Å². The van der Waals surface area contributed by atoms with Crippen LogP contribution < -0.4 is 4.90 Å². The predicted octanol–water partition coefficient (Wildman–Crippen LogP) is 4.02. The molecular formula is C19H20ClF3N2O3S. The maximum atomic E-state index is 13.3. The summed E-state index contributed by atoms with van der Waals surface area (Å²) in [4.78, 5) is 1.33. The second kappa shape index (κ2) is 8.51. The van der Waals surface area contributed by atoms with E-state index in [1.165, 1.54) is 7.05 Å².